The van der Waals surface area contributed by atoms with Crippen LogP contribution < -0.4 is 44.7 Å². The van der Waals surface area contributed by atoms with Gasteiger partial charge in [0.15, 0.2) is 0 Å². The Morgan fingerprint density at radius 3 is 2.50 bits per heavy atom. The topological polar surface area (TPSA) is 18.5 Å². The predicted octanol–water partition coefficient (Wildman–Crippen LogP) is 2.78. The number of hydrogen-bond acceptors (Lipinski definition) is 2. The van der Waals surface area contributed by atoms with Gasteiger partial charge in [0, 0.05) is 23.5 Å². The van der Waals surface area contributed by atoms with E-state index < -0.39 is 0 Å². The molecule has 0 unspecified atom stereocenters. The van der Waals surface area contributed by atoms with Crippen LogP contribution in [0.1, 0.15) is 33.4 Å². The Kier molecular flexibility index (Phi) is 4.53. The van der Waals surface area contributed by atoms with Crippen LogP contribution >= 0.6 is 0 Å². The number of benzene rings is 5. The smallest absolute Gasteiger partial charge is 0.478 e. The van der Waals surface area contributed by atoms with Crippen LogP contribution in [0.25, 0.3) is 22.3 Å². The first-order valence-electron chi connectivity index (χ1n) is 13.0. The van der Waals surface area contributed by atoms with Crippen LogP contribution in [0.2, 0.25) is 0 Å². The molecule has 3 aliphatic heterocycles. The number of fused-ring (bicyclic) bond motifs is 4. The van der Waals surface area contributed by atoms with Crippen molar-refractivity contribution in [1.29, 1.82) is 0 Å². The van der Waals surface area contributed by atoms with E-state index in [1.165, 1.54) is 55.4 Å². The molecular weight excluding hydrogens is 458 g/mol. The quantitative estimate of drug-likeness (QED) is 0.267. The van der Waals surface area contributed by atoms with E-state index in [4.69, 9.17) is 9.47 Å². The molecule has 0 bridgehead atoms. The third-order valence-corrected chi connectivity index (χ3v) is 8.54. The Morgan fingerprint density at radius 1 is 0.711 bits per heavy atom. The first-order chi connectivity index (χ1) is 18.1. The van der Waals surface area contributed by atoms with Crippen molar-refractivity contribution >= 4 is 23.1 Å². The number of aryl methyl sites for hydroxylation is 2. The molecule has 38 heavy (non-hydrogen) atoms. The zero-order chi connectivity index (χ0) is 24.4. The van der Waals surface area contributed by atoms with Gasteiger partial charge in [0.25, 0.3) is 0 Å². The van der Waals surface area contributed by atoms with Gasteiger partial charge in [0.2, 0.25) is 6.71 Å². The summed E-state index contributed by atoms with van der Waals surface area (Å²) in [5.74, 6) is 3.65. The summed E-state index contributed by atoms with van der Waals surface area (Å²) in [7, 11) is 0. The van der Waals surface area contributed by atoms with Crippen molar-refractivity contribution in [3.8, 4) is 45.3 Å². The molecule has 9 rings (SSSR count). The van der Waals surface area contributed by atoms with Crippen LogP contribution in [0.5, 0.6) is 23.0 Å². The summed E-state index contributed by atoms with van der Waals surface area (Å²) in [6, 6.07) is 31.1. The summed E-state index contributed by atoms with van der Waals surface area (Å²) in [6.45, 7) is 4.39. The van der Waals surface area contributed by atoms with Crippen molar-refractivity contribution in [3.63, 3.8) is 0 Å². The van der Waals surface area contributed by atoms with Crippen LogP contribution in [0.4, 0.5) is 0 Å². The van der Waals surface area contributed by atoms with E-state index >= 15 is 0 Å². The van der Waals surface area contributed by atoms with E-state index in [9.17, 15) is 0 Å². The van der Waals surface area contributed by atoms with E-state index in [-0.39, 0.29) is 25.6 Å². The summed E-state index contributed by atoms with van der Waals surface area (Å²) < 4.78 is 13.5. The van der Waals surface area contributed by atoms with E-state index in [2.05, 4.69) is 86.6 Å². The molecule has 2 nitrogen and oxygen atoms in total. The second kappa shape index (κ2) is 7.70. The molecule has 0 fully saturated rings. The van der Waals surface area contributed by atoms with Crippen LogP contribution in [-0.4, -0.2) is 6.71 Å². The fraction of sp³-hybridized carbons (Fsp3) is 0.118. The van der Waals surface area contributed by atoms with Gasteiger partial charge >= 0.3 is 18.9 Å². The van der Waals surface area contributed by atoms with Gasteiger partial charge in [0.1, 0.15) is 11.5 Å². The zero-order valence-electron chi connectivity index (χ0n) is 21.7. The molecule has 4 aliphatic rings. The third kappa shape index (κ3) is 2.87. The average molecular weight is 479 g/mol. The molecule has 174 valence electrons. The van der Waals surface area contributed by atoms with E-state index in [1.54, 1.807) is 0 Å². The van der Waals surface area contributed by atoms with Gasteiger partial charge in [0.05, 0.1) is 0 Å². The van der Waals surface area contributed by atoms with Crippen LogP contribution in [0.15, 0.2) is 66.7 Å². The summed E-state index contributed by atoms with van der Waals surface area (Å²) in [6.07, 6.45) is 1.80. The predicted molar refractivity (Wildman–Crippen MR) is 148 cm³/mol. The van der Waals surface area contributed by atoms with Crippen molar-refractivity contribution in [2.45, 2.75) is 26.7 Å². The first-order valence-corrected chi connectivity index (χ1v) is 13.0. The van der Waals surface area contributed by atoms with Gasteiger partial charge in [-0.3, -0.25) is 0 Å². The number of ether oxygens (including phenoxy) is 2. The fourth-order valence-corrected chi connectivity index (χ4v) is 6.93. The normalized spacial score (nSPS) is 14.0. The molecule has 1 aliphatic carbocycles. The molecule has 5 aromatic rings. The molecule has 0 spiro atoms. The Balaban J connectivity index is 0.00000225. The molecule has 0 amide bonds. The molecule has 0 radical (unpaired) electrons. The Bertz CT molecular complexity index is 1870. The standard InChI is InChI=1S/C34H21BO2.Li/c1-18-5-3-6-20(11-18)23-16-29-33-30(17-23)37-34-27-14-21-10-9-19(2)12-25(21)26(27)15-24-13-22-7-4-8-28(36-29)31(22)35(33)32(24)34;/h3-5,7-12,15,17H,13-14H2,1-2H3;/q-2;+1. The van der Waals surface area contributed by atoms with Gasteiger partial charge in [-0.25, -0.2) is 11.1 Å². The third-order valence-electron chi connectivity index (χ3n) is 8.54. The maximum atomic E-state index is 6.93. The molecule has 0 N–H and O–H groups in total. The Labute approximate surface area is 234 Å². The molecule has 4 heteroatoms. The first kappa shape index (κ1) is 22.4. The van der Waals surface area contributed by atoms with Crippen molar-refractivity contribution in [3.05, 3.63) is 112 Å². The van der Waals surface area contributed by atoms with Gasteiger partial charge in [-0.1, -0.05) is 54.3 Å². The summed E-state index contributed by atoms with van der Waals surface area (Å²) in [4.78, 5) is 0. The Morgan fingerprint density at radius 2 is 1.61 bits per heavy atom. The monoisotopic (exact) mass is 479 g/mol. The van der Waals surface area contributed by atoms with Crippen molar-refractivity contribution < 1.29 is 28.3 Å². The molecular formula is C34H21BLiO2-. The Hall–Kier alpha value is -3.64. The van der Waals surface area contributed by atoms with Gasteiger partial charge in [-0.05, 0) is 58.2 Å². The van der Waals surface area contributed by atoms with Gasteiger partial charge in [-0.15, -0.1) is 23.8 Å². The van der Waals surface area contributed by atoms with Crippen molar-refractivity contribution in [1.82, 2.24) is 0 Å². The second-order valence-electron chi connectivity index (χ2n) is 10.9. The van der Waals surface area contributed by atoms with Crippen LogP contribution in [0.3, 0.4) is 0 Å². The maximum absolute atomic E-state index is 6.93. The summed E-state index contributed by atoms with van der Waals surface area (Å²) in [5, 5.41) is 0. The van der Waals surface area contributed by atoms with Gasteiger partial charge < -0.3 is 9.47 Å². The summed E-state index contributed by atoms with van der Waals surface area (Å²) in [5.41, 5.74) is 16.3. The molecule has 0 atom stereocenters. The molecule has 0 aromatic heterocycles. The minimum atomic E-state index is 0. The minimum absolute atomic E-state index is 0. The molecule has 0 saturated carbocycles. The molecule has 0 saturated heterocycles. The van der Waals surface area contributed by atoms with E-state index in [0.29, 0.717) is 0 Å². The minimum Gasteiger partial charge on any atom is -0.478 e. The van der Waals surface area contributed by atoms with Crippen LogP contribution in [-0.2, 0) is 12.8 Å². The second-order valence-corrected chi connectivity index (χ2v) is 10.9. The van der Waals surface area contributed by atoms with Gasteiger partial charge in [-0.2, -0.15) is 18.2 Å². The van der Waals surface area contributed by atoms with E-state index in [1.807, 2.05) is 6.07 Å². The van der Waals surface area contributed by atoms with Crippen molar-refractivity contribution in [2.75, 3.05) is 0 Å². The summed E-state index contributed by atoms with van der Waals surface area (Å²) >= 11 is 0. The average Bonchev–Trinajstić information content (AvgIpc) is 3.26. The molecule has 5 aromatic carbocycles. The van der Waals surface area contributed by atoms with Crippen LogP contribution in [0, 0.1) is 26.0 Å². The SMILES string of the molecule is Cc1cc[c-]c(-c2[c-]c3c4c(c2)Oc2c5c(cc6c2B4c2c(cccc2O3)C6)-c2cc(C)ccc2C5)c1.[Li+]. The van der Waals surface area contributed by atoms with Crippen molar-refractivity contribution in [2.24, 2.45) is 0 Å². The number of rotatable bonds is 1. The van der Waals surface area contributed by atoms with E-state index in [0.717, 1.165) is 52.4 Å². The largest absolute Gasteiger partial charge is 1.00 e. The fourth-order valence-electron chi connectivity index (χ4n) is 6.93. The zero-order valence-corrected chi connectivity index (χ0v) is 21.7. The maximum Gasteiger partial charge on any atom is 1.00 e. The number of hydrogen-bond donors (Lipinski definition) is 0. The molecule has 3 heterocycles.